The number of para-hydroxylation sites is 2. The Morgan fingerprint density at radius 3 is 1.84 bits per heavy atom. The number of methoxy groups -OCH3 is 3. The van der Waals surface area contributed by atoms with Crippen molar-refractivity contribution in [1.29, 1.82) is 0 Å². The molecular weight excluding hydrogens is 664 g/mol. The van der Waals surface area contributed by atoms with Crippen LogP contribution >= 0.6 is 0 Å². The minimum absolute atomic E-state index is 0.124. The molecule has 7 atom stereocenters. The number of hydrogen-bond acceptors (Lipinski definition) is 16. The zero-order chi connectivity index (χ0) is 37.0. The van der Waals surface area contributed by atoms with Crippen LogP contribution in [0.2, 0.25) is 0 Å². The summed E-state index contributed by atoms with van der Waals surface area (Å²) < 4.78 is 62.4. The monoisotopic (exact) mass is 706 g/mol. The summed E-state index contributed by atoms with van der Waals surface area (Å²) in [5, 5.41) is 0. The SMILES string of the molecule is COc1cc([C@@H](OC[C@H]2O[C@H](OC)[C@H](OC(C)=O)[C@@H](OC(C)=O)[C@H]2OC(C)=O)[C@H](COC(C)=O)Oc2ccccc2OC)ccc1OC(C)=O. The second-order valence-corrected chi connectivity index (χ2v) is 10.9. The number of carbonyl (C=O) groups is 5. The van der Waals surface area contributed by atoms with Crippen LogP contribution in [0.25, 0.3) is 0 Å². The Balaban J connectivity index is 2.12. The van der Waals surface area contributed by atoms with Crippen LogP contribution in [-0.2, 0) is 57.1 Å². The minimum atomic E-state index is -1.36. The molecule has 0 amide bonds. The number of esters is 5. The van der Waals surface area contributed by atoms with Gasteiger partial charge in [-0.2, -0.15) is 0 Å². The molecular formula is C34H42O16. The van der Waals surface area contributed by atoms with E-state index in [1.165, 1.54) is 47.3 Å². The fraction of sp³-hybridized carbons (Fsp3) is 0.500. The Hall–Kier alpha value is -4.93. The van der Waals surface area contributed by atoms with Crippen LogP contribution in [0, 0.1) is 0 Å². The van der Waals surface area contributed by atoms with Crippen LogP contribution in [-0.4, -0.2) is 101 Å². The van der Waals surface area contributed by atoms with Crippen molar-refractivity contribution >= 4 is 29.8 Å². The van der Waals surface area contributed by atoms with E-state index in [0.717, 1.165) is 20.8 Å². The van der Waals surface area contributed by atoms with Crippen molar-refractivity contribution < 1.29 is 76.1 Å². The number of ether oxygens (including phenoxy) is 11. The van der Waals surface area contributed by atoms with E-state index in [1.54, 1.807) is 30.3 Å². The molecule has 1 heterocycles. The van der Waals surface area contributed by atoms with E-state index in [9.17, 15) is 24.0 Å². The molecule has 50 heavy (non-hydrogen) atoms. The number of carbonyl (C=O) groups excluding carboxylic acids is 5. The Kier molecular flexibility index (Phi) is 14.8. The number of rotatable bonds is 16. The van der Waals surface area contributed by atoms with Crippen LogP contribution in [0.1, 0.15) is 46.3 Å². The molecule has 0 saturated carbocycles. The lowest BCUT2D eigenvalue weighted by atomic mass is 9.97. The highest BCUT2D eigenvalue weighted by atomic mass is 16.7. The van der Waals surface area contributed by atoms with Gasteiger partial charge in [-0.05, 0) is 29.8 Å². The summed E-state index contributed by atoms with van der Waals surface area (Å²) in [6.45, 7) is 5.18. The quantitative estimate of drug-likeness (QED) is 0.141. The molecule has 1 fully saturated rings. The molecule has 0 aliphatic carbocycles. The summed E-state index contributed by atoms with van der Waals surface area (Å²) in [6.07, 6.45) is -8.70. The molecule has 1 aliphatic rings. The molecule has 0 aromatic heterocycles. The standard InChI is InChI=1S/C34H42O16/c1-18(35)43-16-28(49-25-12-10-9-11-24(25)40-6)30(23-13-14-26(45-19(2)36)27(15-23)41-7)44-17-29-31(46-20(3)37)32(47-21(4)38)33(48-22(5)39)34(42-8)50-29/h9-15,28-34H,16-17H2,1-8H3/t28-,29+,30+,31-,32-,33+,34-/m0/s1. The molecule has 0 radical (unpaired) electrons. The van der Waals surface area contributed by atoms with Crippen LogP contribution in [0.15, 0.2) is 42.5 Å². The summed E-state index contributed by atoms with van der Waals surface area (Å²) in [6, 6.07) is 11.4. The second-order valence-electron chi connectivity index (χ2n) is 10.9. The molecule has 2 aromatic carbocycles. The maximum Gasteiger partial charge on any atom is 0.308 e. The lowest BCUT2D eigenvalue weighted by Crippen LogP contribution is -2.62. The van der Waals surface area contributed by atoms with Gasteiger partial charge in [-0.25, -0.2) is 0 Å². The summed E-state index contributed by atoms with van der Waals surface area (Å²) in [5.74, 6) is -2.48. The molecule has 0 N–H and O–H groups in total. The van der Waals surface area contributed by atoms with Crippen molar-refractivity contribution in [2.24, 2.45) is 0 Å². The fourth-order valence-corrected chi connectivity index (χ4v) is 5.16. The molecule has 274 valence electrons. The average molecular weight is 707 g/mol. The third-order valence-electron chi connectivity index (χ3n) is 7.08. The molecule has 0 spiro atoms. The first-order valence-electron chi connectivity index (χ1n) is 15.4. The van der Waals surface area contributed by atoms with Gasteiger partial charge in [0, 0.05) is 41.7 Å². The van der Waals surface area contributed by atoms with E-state index < -0.39 is 72.8 Å². The fourth-order valence-electron chi connectivity index (χ4n) is 5.16. The van der Waals surface area contributed by atoms with Gasteiger partial charge >= 0.3 is 29.8 Å². The van der Waals surface area contributed by atoms with E-state index in [4.69, 9.17) is 52.1 Å². The summed E-state index contributed by atoms with van der Waals surface area (Å²) in [7, 11) is 4.12. The van der Waals surface area contributed by atoms with Gasteiger partial charge < -0.3 is 52.1 Å². The summed E-state index contributed by atoms with van der Waals surface area (Å²) >= 11 is 0. The Labute approximate surface area is 289 Å². The molecule has 0 bridgehead atoms. The van der Waals surface area contributed by atoms with E-state index in [1.807, 2.05) is 0 Å². The van der Waals surface area contributed by atoms with Crippen LogP contribution in [0.4, 0.5) is 0 Å². The van der Waals surface area contributed by atoms with Crippen molar-refractivity contribution in [3.8, 4) is 23.0 Å². The highest BCUT2D eigenvalue weighted by Crippen LogP contribution is 2.37. The third-order valence-corrected chi connectivity index (χ3v) is 7.08. The number of benzene rings is 2. The van der Waals surface area contributed by atoms with Gasteiger partial charge in [0.2, 0.25) is 0 Å². The molecule has 1 aliphatic heterocycles. The number of hydrogen-bond donors (Lipinski definition) is 0. The maximum atomic E-state index is 12.3. The van der Waals surface area contributed by atoms with Crippen LogP contribution < -0.4 is 18.9 Å². The Bertz CT molecular complexity index is 1490. The van der Waals surface area contributed by atoms with Gasteiger partial charge in [0.15, 0.2) is 53.7 Å². The minimum Gasteiger partial charge on any atom is -0.493 e. The molecule has 1 saturated heterocycles. The summed E-state index contributed by atoms with van der Waals surface area (Å²) in [4.78, 5) is 60.2. The normalized spacial score (nSPS) is 21.1. The Morgan fingerprint density at radius 1 is 0.680 bits per heavy atom. The van der Waals surface area contributed by atoms with Crippen molar-refractivity contribution in [2.45, 2.75) is 77.5 Å². The first-order valence-corrected chi connectivity index (χ1v) is 15.4. The largest absolute Gasteiger partial charge is 0.493 e. The summed E-state index contributed by atoms with van der Waals surface area (Å²) in [5.41, 5.74) is 0.405. The zero-order valence-corrected chi connectivity index (χ0v) is 29.0. The highest BCUT2D eigenvalue weighted by Gasteiger charge is 2.52. The van der Waals surface area contributed by atoms with Gasteiger partial charge in [-0.1, -0.05) is 18.2 Å². The van der Waals surface area contributed by atoms with Gasteiger partial charge in [-0.3, -0.25) is 24.0 Å². The first kappa shape index (κ1) is 39.5. The highest BCUT2D eigenvalue weighted by molar-refractivity contribution is 5.70. The Morgan fingerprint density at radius 2 is 1.28 bits per heavy atom. The van der Waals surface area contributed by atoms with Gasteiger partial charge in [0.1, 0.15) is 18.8 Å². The zero-order valence-electron chi connectivity index (χ0n) is 29.0. The lowest BCUT2D eigenvalue weighted by molar-refractivity contribution is -0.305. The molecule has 16 nitrogen and oxygen atoms in total. The van der Waals surface area contributed by atoms with Crippen molar-refractivity contribution in [3.05, 3.63) is 48.0 Å². The van der Waals surface area contributed by atoms with Gasteiger partial charge in [0.25, 0.3) is 0 Å². The topological polar surface area (TPSA) is 187 Å². The molecule has 0 unspecified atom stereocenters. The van der Waals surface area contributed by atoms with E-state index in [-0.39, 0.29) is 30.5 Å². The maximum absolute atomic E-state index is 12.3. The average Bonchev–Trinajstić information content (AvgIpc) is 3.05. The van der Waals surface area contributed by atoms with E-state index >= 15 is 0 Å². The lowest BCUT2D eigenvalue weighted by Gasteiger charge is -2.44. The van der Waals surface area contributed by atoms with Crippen LogP contribution in [0.3, 0.4) is 0 Å². The third kappa shape index (κ3) is 11.0. The smallest absolute Gasteiger partial charge is 0.308 e. The molecule has 2 aromatic rings. The molecule has 3 rings (SSSR count). The van der Waals surface area contributed by atoms with Crippen LogP contribution in [0.5, 0.6) is 23.0 Å². The van der Waals surface area contributed by atoms with Crippen molar-refractivity contribution in [1.82, 2.24) is 0 Å². The van der Waals surface area contributed by atoms with Crippen molar-refractivity contribution in [3.63, 3.8) is 0 Å². The first-order chi connectivity index (χ1) is 23.8. The van der Waals surface area contributed by atoms with E-state index in [0.29, 0.717) is 11.3 Å². The van der Waals surface area contributed by atoms with E-state index in [2.05, 4.69) is 0 Å². The predicted octanol–water partition coefficient (Wildman–Crippen LogP) is 2.86. The molecule has 16 heteroatoms. The van der Waals surface area contributed by atoms with Gasteiger partial charge in [-0.15, -0.1) is 0 Å². The predicted molar refractivity (Wildman–Crippen MR) is 169 cm³/mol. The van der Waals surface area contributed by atoms with Crippen molar-refractivity contribution in [2.75, 3.05) is 34.5 Å². The van der Waals surface area contributed by atoms with Gasteiger partial charge in [0.05, 0.1) is 20.8 Å². The second kappa shape index (κ2) is 18.7.